The molecule has 0 aliphatic heterocycles. The van der Waals surface area contributed by atoms with Gasteiger partial charge in [0.25, 0.3) is 11.6 Å². The van der Waals surface area contributed by atoms with Gasteiger partial charge in [0.1, 0.15) is 11.5 Å². The van der Waals surface area contributed by atoms with Crippen LogP contribution in [-0.4, -0.2) is 52.3 Å². The molecule has 0 N–H and O–H groups in total. The van der Waals surface area contributed by atoms with Crippen molar-refractivity contribution >= 4 is 11.3 Å². The van der Waals surface area contributed by atoms with E-state index in [1.165, 1.54) is 43.3 Å². The van der Waals surface area contributed by atoms with Crippen molar-refractivity contribution < 1.29 is 62.2 Å². The molecule has 50 heavy (non-hydrogen) atoms. The number of fused-ring (bicyclic) bond motifs is 2. The highest BCUT2D eigenvalue weighted by Crippen LogP contribution is 2.32. The van der Waals surface area contributed by atoms with E-state index in [4.69, 9.17) is 0 Å². The predicted octanol–water partition coefficient (Wildman–Crippen LogP) is 8.03. The zero-order valence-corrected chi connectivity index (χ0v) is 24.7. The highest BCUT2D eigenvalue weighted by Gasteiger charge is 2.39. The van der Waals surface area contributed by atoms with E-state index in [-0.39, 0.29) is 22.7 Å². The number of alkyl halides is 12. The molecule has 0 radical (unpaired) electrons. The van der Waals surface area contributed by atoms with Crippen LogP contribution in [0.1, 0.15) is 22.8 Å². The monoisotopic (exact) mass is 724 g/mol. The molecule has 0 atom stereocenters. The maximum absolute atomic E-state index is 12.9. The topological polar surface area (TPSA) is 105 Å². The molecule has 0 spiro atoms. The first-order valence-electron chi connectivity index (χ1n) is 13.4. The Morgan fingerprint density at radius 3 is 1.50 bits per heavy atom. The number of halogens is 12. The number of benzene rings is 2. The zero-order chi connectivity index (χ0) is 36.8. The van der Waals surface area contributed by atoms with Gasteiger partial charge in [-0.15, -0.1) is 46.7 Å². The predicted molar refractivity (Wildman–Crippen MR) is 145 cm³/mol. The Kier molecular flexibility index (Phi) is 9.00. The van der Waals surface area contributed by atoms with Gasteiger partial charge >= 0.3 is 25.1 Å². The third-order valence-corrected chi connectivity index (χ3v) is 6.39. The lowest BCUT2D eigenvalue weighted by Gasteiger charge is -2.10. The van der Waals surface area contributed by atoms with Crippen LogP contribution in [-0.2, 0) is 12.4 Å². The van der Waals surface area contributed by atoms with Crippen molar-refractivity contribution in [2.75, 3.05) is 0 Å². The molecule has 0 saturated heterocycles. The molecule has 22 heteroatoms. The lowest BCUT2D eigenvalue weighted by molar-refractivity contribution is -0.275. The van der Waals surface area contributed by atoms with Crippen LogP contribution in [0.4, 0.5) is 52.7 Å². The Hall–Kier alpha value is -5.70. The van der Waals surface area contributed by atoms with Crippen LogP contribution in [0, 0.1) is 13.8 Å². The first kappa shape index (κ1) is 35.6. The number of aromatic nitrogens is 8. The molecular weight excluding hydrogens is 708 g/mol. The highest BCUT2D eigenvalue weighted by molar-refractivity contribution is 5.65. The summed E-state index contributed by atoms with van der Waals surface area (Å²) in [4.78, 5) is 0. The van der Waals surface area contributed by atoms with Gasteiger partial charge in [-0.2, -0.15) is 45.6 Å². The van der Waals surface area contributed by atoms with Crippen molar-refractivity contribution in [3.05, 3.63) is 83.4 Å². The second-order valence-electron chi connectivity index (χ2n) is 10.1. The van der Waals surface area contributed by atoms with Crippen LogP contribution in [0.2, 0.25) is 0 Å². The Balaban J connectivity index is 0.000000194. The Labute approximate surface area is 269 Å². The van der Waals surface area contributed by atoms with E-state index < -0.39 is 48.2 Å². The van der Waals surface area contributed by atoms with Crippen LogP contribution in [0.15, 0.2) is 60.7 Å². The van der Waals surface area contributed by atoms with Gasteiger partial charge in [0.05, 0.1) is 11.4 Å². The van der Waals surface area contributed by atoms with Crippen molar-refractivity contribution in [3.8, 4) is 34.0 Å². The molecule has 10 nitrogen and oxygen atoms in total. The molecule has 0 amide bonds. The summed E-state index contributed by atoms with van der Waals surface area (Å²) >= 11 is 0. The second-order valence-corrected chi connectivity index (χ2v) is 10.1. The second kappa shape index (κ2) is 12.6. The summed E-state index contributed by atoms with van der Waals surface area (Å²) < 4.78 is 159. The molecule has 0 saturated carbocycles. The van der Waals surface area contributed by atoms with Gasteiger partial charge in [-0.25, -0.2) is 0 Å². The normalized spacial score (nSPS) is 12.6. The summed E-state index contributed by atoms with van der Waals surface area (Å²) in [7, 11) is 0. The minimum atomic E-state index is -4.83. The van der Waals surface area contributed by atoms with Crippen molar-refractivity contribution in [1.29, 1.82) is 0 Å². The van der Waals surface area contributed by atoms with Crippen LogP contribution < -0.4 is 9.47 Å². The fourth-order valence-corrected chi connectivity index (χ4v) is 4.37. The molecule has 0 fully saturated rings. The third-order valence-electron chi connectivity index (χ3n) is 6.39. The largest absolute Gasteiger partial charge is 0.573 e. The lowest BCUT2D eigenvalue weighted by Crippen LogP contribution is -2.17. The maximum Gasteiger partial charge on any atom is 0.573 e. The Bertz CT molecular complexity index is 2130. The summed E-state index contributed by atoms with van der Waals surface area (Å²) in [5.41, 5.74) is 1.60. The minimum absolute atomic E-state index is 0.0619. The first-order chi connectivity index (χ1) is 23.1. The van der Waals surface area contributed by atoms with Crippen LogP contribution in [0.5, 0.6) is 11.5 Å². The maximum atomic E-state index is 12.9. The standard InChI is InChI=1S/2C14H8F6N4O/c1-7-6-10-21-22-12(13(15,16)17)24(10)23-11(7)8-2-4-9(5-3-8)25-14(18,19)20;1-7-6-10(8-2-4-9(5-3-8)25-14(18,19)20)23-24-11(7)21-22-12(24)13(15,16)17/h2*2-6H,1H3. The molecule has 0 bridgehead atoms. The van der Waals surface area contributed by atoms with Crippen LogP contribution >= 0.6 is 0 Å². The summed E-state index contributed by atoms with van der Waals surface area (Å²) in [5.74, 6) is -3.48. The number of aryl methyl sites for hydroxylation is 2. The summed E-state index contributed by atoms with van der Waals surface area (Å²) in [6, 6.07) is 12.0. The third kappa shape index (κ3) is 8.11. The first-order valence-corrected chi connectivity index (χ1v) is 13.4. The van der Waals surface area contributed by atoms with Gasteiger partial charge in [-0.3, -0.25) is 0 Å². The number of nitrogens with zero attached hydrogens (tertiary/aromatic N) is 8. The Morgan fingerprint density at radius 2 is 1.00 bits per heavy atom. The molecule has 6 rings (SSSR count). The number of hydrogen-bond donors (Lipinski definition) is 0. The lowest BCUT2D eigenvalue weighted by atomic mass is 10.1. The van der Waals surface area contributed by atoms with E-state index in [2.05, 4.69) is 40.1 Å². The van der Waals surface area contributed by atoms with Gasteiger partial charge in [0.2, 0.25) is 0 Å². The molecular formula is C28H16F12N8O2. The van der Waals surface area contributed by atoms with Gasteiger partial charge in [0.15, 0.2) is 11.3 Å². The number of ether oxygens (including phenoxy) is 2. The van der Waals surface area contributed by atoms with E-state index in [0.717, 1.165) is 24.3 Å². The highest BCUT2D eigenvalue weighted by atomic mass is 19.4. The van der Waals surface area contributed by atoms with Gasteiger partial charge in [-0.05, 0) is 85.6 Å². The average Bonchev–Trinajstić information content (AvgIpc) is 3.61. The molecule has 4 aromatic heterocycles. The van der Waals surface area contributed by atoms with E-state index in [9.17, 15) is 52.7 Å². The van der Waals surface area contributed by atoms with E-state index in [0.29, 0.717) is 31.3 Å². The van der Waals surface area contributed by atoms with Crippen molar-refractivity contribution in [1.82, 2.24) is 39.6 Å². The molecule has 0 aliphatic rings. The van der Waals surface area contributed by atoms with Crippen molar-refractivity contribution in [2.24, 2.45) is 0 Å². The van der Waals surface area contributed by atoms with Gasteiger partial charge in [0, 0.05) is 11.1 Å². The van der Waals surface area contributed by atoms with E-state index in [1.807, 2.05) is 0 Å². The fraction of sp³-hybridized carbons (Fsp3) is 0.214. The van der Waals surface area contributed by atoms with Crippen molar-refractivity contribution in [3.63, 3.8) is 0 Å². The molecule has 264 valence electrons. The quantitative estimate of drug-likeness (QED) is 0.168. The fourth-order valence-electron chi connectivity index (χ4n) is 4.37. The molecule has 0 aliphatic carbocycles. The van der Waals surface area contributed by atoms with Crippen LogP contribution in [0.3, 0.4) is 0 Å². The molecule has 6 aromatic rings. The van der Waals surface area contributed by atoms with Crippen molar-refractivity contribution in [2.45, 2.75) is 38.9 Å². The summed E-state index contributed by atoms with van der Waals surface area (Å²) in [6.07, 6.45) is -19.2. The summed E-state index contributed by atoms with van der Waals surface area (Å²) in [6.45, 7) is 3.11. The average molecular weight is 724 g/mol. The Morgan fingerprint density at radius 1 is 0.520 bits per heavy atom. The van der Waals surface area contributed by atoms with Crippen LogP contribution in [0.25, 0.3) is 33.8 Å². The number of rotatable bonds is 4. The van der Waals surface area contributed by atoms with Gasteiger partial charge in [-0.1, -0.05) is 0 Å². The summed E-state index contributed by atoms with van der Waals surface area (Å²) in [5, 5.41) is 20.8. The number of hydrogen-bond acceptors (Lipinski definition) is 8. The SMILES string of the molecule is Cc1cc(-c2ccc(OC(F)(F)F)cc2)nn2c(C(F)(F)F)nnc12.Cc1cc2nnc(C(F)(F)F)n2nc1-c1ccc(OC(F)(F)F)cc1. The zero-order valence-electron chi connectivity index (χ0n) is 24.7. The minimum Gasteiger partial charge on any atom is -0.406 e. The van der Waals surface area contributed by atoms with Gasteiger partial charge < -0.3 is 9.47 Å². The van der Waals surface area contributed by atoms with E-state index in [1.54, 1.807) is 6.92 Å². The molecule has 2 aromatic carbocycles. The molecule has 0 unspecified atom stereocenters. The smallest absolute Gasteiger partial charge is 0.406 e. The van der Waals surface area contributed by atoms with E-state index >= 15 is 0 Å². The molecule has 4 heterocycles.